The fourth-order valence-electron chi connectivity index (χ4n) is 2.80. The van der Waals surface area contributed by atoms with Gasteiger partial charge >= 0.3 is 0 Å². The van der Waals surface area contributed by atoms with Crippen LogP contribution in [0.3, 0.4) is 0 Å². The Kier molecular flexibility index (Phi) is 9.05. The molecule has 0 unspecified atom stereocenters. The van der Waals surface area contributed by atoms with E-state index in [0.29, 0.717) is 35.7 Å². The molecule has 28 heavy (non-hydrogen) atoms. The number of ether oxygens (including phenoxy) is 1. The lowest BCUT2D eigenvalue weighted by Crippen LogP contribution is -2.25. The van der Waals surface area contributed by atoms with E-state index in [1.165, 1.54) is 12.8 Å². The second-order valence-corrected chi connectivity index (χ2v) is 6.66. The minimum atomic E-state index is -0.292. The number of anilines is 1. The van der Waals surface area contributed by atoms with Gasteiger partial charge in [0.2, 0.25) is 0 Å². The molecule has 2 aromatic carbocycles. The molecule has 2 amide bonds. The molecular formula is C23H30N2O3. The topological polar surface area (TPSA) is 67.4 Å². The van der Waals surface area contributed by atoms with Gasteiger partial charge in [-0.05, 0) is 37.1 Å². The van der Waals surface area contributed by atoms with Crippen LogP contribution >= 0.6 is 0 Å². The van der Waals surface area contributed by atoms with E-state index in [2.05, 4.69) is 17.6 Å². The van der Waals surface area contributed by atoms with Gasteiger partial charge in [0, 0.05) is 6.54 Å². The normalized spacial score (nSPS) is 10.4. The van der Waals surface area contributed by atoms with E-state index in [0.717, 1.165) is 19.3 Å². The molecule has 0 atom stereocenters. The van der Waals surface area contributed by atoms with Crippen molar-refractivity contribution in [3.05, 3.63) is 59.7 Å². The molecule has 0 aliphatic heterocycles. The van der Waals surface area contributed by atoms with Crippen LogP contribution in [0.1, 0.15) is 66.7 Å². The molecular weight excluding hydrogens is 352 g/mol. The molecule has 2 N–H and O–H groups in total. The zero-order chi connectivity index (χ0) is 20.2. The van der Waals surface area contributed by atoms with Gasteiger partial charge in [-0.25, -0.2) is 0 Å². The third kappa shape index (κ3) is 6.41. The second-order valence-electron chi connectivity index (χ2n) is 6.66. The number of carbonyl (C=O) groups excluding carboxylic acids is 2. The Balaban J connectivity index is 2.08. The van der Waals surface area contributed by atoms with Crippen LogP contribution in [0.25, 0.3) is 0 Å². The maximum Gasteiger partial charge on any atom is 0.259 e. The van der Waals surface area contributed by atoms with Gasteiger partial charge in [-0.2, -0.15) is 0 Å². The van der Waals surface area contributed by atoms with Crippen LogP contribution in [-0.2, 0) is 0 Å². The summed E-state index contributed by atoms with van der Waals surface area (Å²) in [4.78, 5) is 25.2. The van der Waals surface area contributed by atoms with Gasteiger partial charge < -0.3 is 15.4 Å². The quantitative estimate of drug-likeness (QED) is 0.535. The molecule has 2 rings (SSSR count). The van der Waals surface area contributed by atoms with Crippen molar-refractivity contribution in [3.63, 3.8) is 0 Å². The van der Waals surface area contributed by atoms with Gasteiger partial charge in [0.05, 0.1) is 23.4 Å². The summed E-state index contributed by atoms with van der Waals surface area (Å²) in [5.41, 5.74) is 1.39. The highest BCUT2D eigenvalue weighted by atomic mass is 16.5. The van der Waals surface area contributed by atoms with Crippen molar-refractivity contribution < 1.29 is 14.3 Å². The molecule has 0 aliphatic rings. The van der Waals surface area contributed by atoms with Gasteiger partial charge in [0.25, 0.3) is 11.8 Å². The number of hydrogen-bond donors (Lipinski definition) is 2. The molecule has 0 bridgehead atoms. The van der Waals surface area contributed by atoms with E-state index in [1.807, 2.05) is 13.0 Å². The average molecular weight is 383 g/mol. The van der Waals surface area contributed by atoms with Crippen molar-refractivity contribution in [2.75, 3.05) is 18.5 Å². The third-order valence-corrected chi connectivity index (χ3v) is 4.34. The summed E-state index contributed by atoms with van der Waals surface area (Å²) < 4.78 is 5.83. The van der Waals surface area contributed by atoms with Crippen LogP contribution in [0.4, 0.5) is 5.69 Å². The number of hydrogen-bond acceptors (Lipinski definition) is 3. The molecule has 0 aliphatic carbocycles. The zero-order valence-electron chi connectivity index (χ0n) is 16.8. The summed E-state index contributed by atoms with van der Waals surface area (Å²) in [6, 6.07) is 14.2. The molecule has 0 saturated carbocycles. The highest BCUT2D eigenvalue weighted by molar-refractivity contribution is 6.10. The first-order valence-electron chi connectivity index (χ1n) is 10.1. The predicted octanol–water partition coefficient (Wildman–Crippen LogP) is 5.04. The lowest BCUT2D eigenvalue weighted by Gasteiger charge is -2.14. The number of carbonyl (C=O) groups is 2. The molecule has 0 saturated heterocycles. The maximum absolute atomic E-state index is 12.8. The van der Waals surface area contributed by atoms with Crippen LogP contribution in [0.2, 0.25) is 0 Å². The van der Waals surface area contributed by atoms with Gasteiger partial charge in [0.1, 0.15) is 5.75 Å². The first-order valence-corrected chi connectivity index (χ1v) is 10.1. The van der Waals surface area contributed by atoms with Crippen molar-refractivity contribution >= 4 is 17.5 Å². The first kappa shape index (κ1) is 21.5. The minimum absolute atomic E-state index is 0.196. The minimum Gasteiger partial charge on any atom is -0.493 e. The second kappa shape index (κ2) is 11.8. The standard InChI is InChI=1S/C23H30N2O3/c1-3-5-6-11-17-28-21-15-10-8-13-19(21)23(27)25-20-14-9-7-12-18(20)22(26)24-16-4-2/h7-10,12-15H,3-6,11,16-17H2,1-2H3,(H,24,26)(H,25,27). The Bertz CT molecular complexity index is 774. The summed E-state index contributed by atoms with van der Waals surface area (Å²) in [5, 5.41) is 5.70. The highest BCUT2D eigenvalue weighted by Gasteiger charge is 2.16. The largest absolute Gasteiger partial charge is 0.493 e. The van der Waals surface area contributed by atoms with E-state index in [9.17, 15) is 9.59 Å². The fourth-order valence-corrected chi connectivity index (χ4v) is 2.80. The number of rotatable bonds is 11. The van der Waals surface area contributed by atoms with E-state index in [4.69, 9.17) is 4.74 Å². The number of para-hydroxylation sites is 2. The molecule has 0 radical (unpaired) electrons. The van der Waals surface area contributed by atoms with Gasteiger partial charge in [-0.3, -0.25) is 9.59 Å². The molecule has 0 spiro atoms. The molecule has 0 heterocycles. The van der Waals surface area contributed by atoms with E-state index in [-0.39, 0.29) is 11.8 Å². The number of nitrogens with one attached hydrogen (secondary N) is 2. The summed E-state index contributed by atoms with van der Waals surface area (Å²) in [6.07, 6.45) is 5.28. The fraction of sp³-hybridized carbons (Fsp3) is 0.391. The van der Waals surface area contributed by atoms with Crippen LogP contribution in [0.5, 0.6) is 5.75 Å². The Morgan fingerprint density at radius 2 is 1.54 bits per heavy atom. The predicted molar refractivity (Wildman–Crippen MR) is 113 cm³/mol. The number of unbranched alkanes of at least 4 members (excludes halogenated alkanes) is 3. The van der Waals surface area contributed by atoms with Gasteiger partial charge in [-0.15, -0.1) is 0 Å². The Labute approximate surface area is 167 Å². The SMILES string of the molecule is CCCCCCOc1ccccc1C(=O)Nc1ccccc1C(=O)NCCC. The Morgan fingerprint density at radius 1 is 0.821 bits per heavy atom. The van der Waals surface area contributed by atoms with Gasteiger partial charge in [0.15, 0.2) is 0 Å². The van der Waals surface area contributed by atoms with E-state index >= 15 is 0 Å². The molecule has 0 fully saturated rings. The molecule has 5 nitrogen and oxygen atoms in total. The zero-order valence-corrected chi connectivity index (χ0v) is 16.8. The highest BCUT2D eigenvalue weighted by Crippen LogP contribution is 2.22. The van der Waals surface area contributed by atoms with Crippen molar-refractivity contribution in [1.82, 2.24) is 5.32 Å². The van der Waals surface area contributed by atoms with Crippen molar-refractivity contribution in [2.24, 2.45) is 0 Å². The monoisotopic (exact) mass is 382 g/mol. The van der Waals surface area contributed by atoms with E-state index in [1.54, 1.807) is 42.5 Å². The summed E-state index contributed by atoms with van der Waals surface area (Å²) in [7, 11) is 0. The molecule has 0 aromatic heterocycles. The van der Waals surface area contributed by atoms with Crippen molar-refractivity contribution in [3.8, 4) is 5.75 Å². The molecule has 2 aromatic rings. The summed E-state index contributed by atoms with van der Waals surface area (Å²) >= 11 is 0. The lowest BCUT2D eigenvalue weighted by atomic mass is 10.1. The number of benzene rings is 2. The lowest BCUT2D eigenvalue weighted by molar-refractivity contribution is 0.0954. The van der Waals surface area contributed by atoms with Crippen molar-refractivity contribution in [2.45, 2.75) is 46.0 Å². The summed E-state index contributed by atoms with van der Waals surface area (Å²) in [5.74, 6) is 0.0718. The average Bonchev–Trinajstić information content (AvgIpc) is 2.72. The Hall–Kier alpha value is -2.82. The molecule has 150 valence electrons. The number of amides is 2. The third-order valence-electron chi connectivity index (χ3n) is 4.34. The first-order chi connectivity index (χ1) is 13.7. The van der Waals surface area contributed by atoms with Crippen LogP contribution in [0, 0.1) is 0 Å². The van der Waals surface area contributed by atoms with Crippen LogP contribution in [-0.4, -0.2) is 25.0 Å². The smallest absolute Gasteiger partial charge is 0.259 e. The van der Waals surface area contributed by atoms with Crippen LogP contribution < -0.4 is 15.4 Å². The van der Waals surface area contributed by atoms with Gasteiger partial charge in [-0.1, -0.05) is 57.4 Å². The molecule has 5 heteroatoms. The summed E-state index contributed by atoms with van der Waals surface area (Å²) in [6.45, 7) is 5.34. The van der Waals surface area contributed by atoms with Crippen molar-refractivity contribution in [1.29, 1.82) is 0 Å². The van der Waals surface area contributed by atoms with E-state index < -0.39 is 0 Å². The Morgan fingerprint density at radius 3 is 2.29 bits per heavy atom. The maximum atomic E-state index is 12.8. The van der Waals surface area contributed by atoms with Crippen LogP contribution in [0.15, 0.2) is 48.5 Å².